The molecule has 1 fully saturated rings. The van der Waals surface area contributed by atoms with E-state index in [1.165, 1.54) is 5.56 Å². The number of rotatable bonds is 9. The Labute approximate surface area is 121 Å². The fourth-order valence-corrected chi connectivity index (χ4v) is 2.13. The molecule has 1 heterocycles. The summed E-state index contributed by atoms with van der Waals surface area (Å²) in [6, 6.07) is 8.23. The molecule has 112 valence electrons. The largest absolute Gasteiger partial charge is 0.491 e. The summed E-state index contributed by atoms with van der Waals surface area (Å²) < 4.78 is 16.6. The lowest BCUT2D eigenvalue weighted by Crippen LogP contribution is -2.17. The van der Waals surface area contributed by atoms with Crippen LogP contribution in [0.25, 0.3) is 0 Å². The van der Waals surface area contributed by atoms with Gasteiger partial charge in [-0.2, -0.15) is 0 Å². The van der Waals surface area contributed by atoms with Crippen LogP contribution in [0, 0.1) is 0 Å². The Balaban J connectivity index is 1.60. The van der Waals surface area contributed by atoms with Gasteiger partial charge in [0.2, 0.25) is 0 Å². The molecule has 0 bridgehead atoms. The van der Waals surface area contributed by atoms with Crippen molar-refractivity contribution in [2.24, 2.45) is 0 Å². The van der Waals surface area contributed by atoms with Crippen LogP contribution in [0.2, 0.25) is 0 Å². The van der Waals surface area contributed by atoms with E-state index in [1.807, 2.05) is 12.1 Å². The summed E-state index contributed by atoms with van der Waals surface area (Å²) in [4.78, 5) is 0. The van der Waals surface area contributed by atoms with Crippen LogP contribution < -0.4 is 10.1 Å². The van der Waals surface area contributed by atoms with E-state index in [0.717, 1.165) is 44.9 Å². The molecule has 1 unspecified atom stereocenters. The predicted molar refractivity (Wildman–Crippen MR) is 79.1 cm³/mol. The molecule has 1 saturated heterocycles. The van der Waals surface area contributed by atoms with E-state index in [0.29, 0.717) is 13.2 Å². The zero-order valence-corrected chi connectivity index (χ0v) is 12.3. The predicted octanol–water partition coefficient (Wildman–Crippen LogP) is 2.37. The normalized spacial score (nSPS) is 18.4. The van der Waals surface area contributed by atoms with Crippen molar-refractivity contribution in [1.82, 2.24) is 5.32 Å². The molecule has 1 aromatic carbocycles. The van der Waals surface area contributed by atoms with Gasteiger partial charge in [-0.05, 0) is 37.1 Å². The molecule has 0 aromatic heterocycles. The molecule has 0 spiro atoms. The third kappa shape index (κ3) is 5.49. The summed E-state index contributed by atoms with van der Waals surface area (Å²) in [5, 5.41) is 3.38. The van der Waals surface area contributed by atoms with Crippen LogP contribution in [0.1, 0.15) is 25.3 Å². The van der Waals surface area contributed by atoms with Gasteiger partial charge in [-0.1, -0.05) is 19.1 Å². The summed E-state index contributed by atoms with van der Waals surface area (Å²) in [6.07, 6.45) is 2.41. The van der Waals surface area contributed by atoms with E-state index in [-0.39, 0.29) is 6.10 Å². The summed E-state index contributed by atoms with van der Waals surface area (Å²) >= 11 is 0. The standard InChI is InChI=1S/C16H25NO3/c1-2-8-17-12-14-3-5-15(6-4-14)19-10-11-20-16-7-9-18-13-16/h3-6,16-17H,2,7-13H2,1H3. The molecular weight excluding hydrogens is 254 g/mol. The highest BCUT2D eigenvalue weighted by Gasteiger charge is 2.15. The number of benzene rings is 1. The minimum absolute atomic E-state index is 0.255. The van der Waals surface area contributed by atoms with Crippen LogP contribution in [0.5, 0.6) is 5.75 Å². The first-order valence-electron chi connectivity index (χ1n) is 7.50. The molecule has 1 N–H and O–H groups in total. The highest BCUT2D eigenvalue weighted by Crippen LogP contribution is 2.12. The van der Waals surface area contributed by atoms with Gasteiger partial charge in [-0.15, -0.1) is 0 Å². The molecule has 1 aromatic rings. The average Bonchev–Trinajstić information content (AvgIpc) is 2.99. The van der Waals surface area contributed by atoms with Crippen LogP contribution in [-0.4, -0.2) is 39.1 Å². The quantitative estimate of drug-likeness (QED) is 0.705. The second-order valence-corrected chi connectivity index (χ2v) is 5.03. The lowest BCUT2D eigenvalue weighted by Gasteiger charge is -2.11. The van der Waals surface area contributed by atoms with Gasteiger partial charge in [-0.25, -0.2) is 0 Å². The smallest absolute Gasteiger partial charge is 0.119 e. The summed E-state index contributed by atoms with van der Waals surface area (Å²) in [7, 11) is 0. The maximum atomic E-state index is 5.66. The second kappa shape index (κ2) is 8.95. The fourth-order valence-electron chi connectivity index (χ4n) is 2.13. The van der Waals surface area contributed by atoms with Crippen molar-refractivity contribution in [3.05, 3.63) is 29.8 Å². The van der Waals surface area contributed by atoms with E-state index in [2.05, 4.69) is 24.4 Å². The van der Waals surface area contributed by atoms with Crippen molar-refractivity contribution in [3.8, 4) is 5.75 Å². The first-order valence-corrected chi connectivity index (χ1v) is 7.50. The molecule has 0 radical (unpaired) electrons. The zero-order valence-electron chi connectivity index (χ0n) is 12.3. The SMILES string of the molecule is CCCNCc1ccc(OCCOC2CCOC2)cc1. The fraction of sp³-hybridized carbons (Fsp3) is 0.625. The van der Waals surface area contributed by atoms with Gasteiger partial charge in [0.1, 0.15) is 12.4 Å². The van der Waals surface area contributed by atoms with Gasteiger partial charge in [-0.3, -0.25) is 0 Å². The second-order valence-electron chi connectivity index (χ2n) is 5.03. The van der Waals surface area contributed by atoms with Gasteiger partial charge in [0.05, 0.1) is 19.3 Å². The highest BCUT2D eigenvalue weighted by molar-refractivity contribution is 5.27. The Bertz CT molecular complexity index is 360. The molecule has 0 saturated carbocycles. The van der Waals surface area contributed by atoms with E-state index in [1.54, 1.807) is 0 Å². The van der Waals surface area contributed by atoms with E-state index < -0.39 is 0 Å². The lowest BCUT2D eigenvalue weighted by molar-refractivity contribution is 0.0265. The van der Waals surface area contributed by atoms with Crippen molar-refractivity contribution in [2.45, 2.75) is 32.4 Å². The van der Waals surface area contributed by atoms with Gasteiger partial charge >= 0.3 is 0 Å². The van der Waals surface area contributed by atoms with Gasteiger partial charge in [0.25, 0.3) is 0 Å². The topological polar surface area (TPSA) is 39.7 Å². The van der Waals surface area contributed by atoms with E-state index in [9.17, 15) is 0 Å². The third-order valence-corrected chi connectivity index (χ3v) is 3.27. The number of hydrogen-bond acceptors (Lipinski definition) is 4. The summed E-state index contributed by atoms with van der Waals surface area (Å²) in [6.45, 7) is 6.89. The minimum Gasteiger partial charge on any atom is -0.491 e. The minimum atomic E-state index is 0.255. The molecule has 4 nitrogen and oxygen atoms in total. The number of ether oxygens (including phenoxy) is 3. The van der Waals surface area contributed by atoms with Gasteiger partial charge < -0.3 is 19.5 Å². The van der Waals surface area contributed by atoms with Crippen LogP contribution >= 0.6 is 0 Å². The van der Waals surface area contributed by atoms with Crippen molar-refractivity contribution >= 4 is 0 Å². The Morgan fingerprint density at radius 2 is 2.10 bits per heavy atom. The molecule has 0 aliphatic carbocycles. The zero-order chi connectivity index (χ0) is 14.0. The molecular formula is C16H25NO3. The molecule has 1 atom stereocenters. The van der Waals surface area contributed by atoms with Crippen LogP contribution in [0.4, 0.5) is 0 Å². The first-order chi connectivity index (χ1) is 9.88. The van der Waals surface area contributed by atoms with E-state index >= 15 is 0 Å². The van der Waals surface area contributed by atoms with Crippen molar-refractivity contribution < 1.29 is 14.2 Å². The van der Waals surface area contributed by atoms with Crippen LogP contribution in [0.3, 0.4) is 0 Å². The molecule has 4 heteroatoms. The Morgan fingerprint density at radius 1 is 1.25 bits per heavy atom. The average molecular weight is 279 g/mol. The molecule has 1 aliphatic heterocycles. The summed E-state index contributed by atoms with van der Waals surface area (Å²) in [5.74, 6) is 0.899. The maximum absolute atomic E-state index is 5.66. The Hall–Kier alpha value is -1.10. The van der Waals surface area contributed by atoms with Gasteiger partial charge in [0, 0.05) is 13.2 Å². The number of hydrogen-bond donors (Lipinski definition) is 1. The Morgan fingerprint density at radius 3 is 2.80 bits per heavy atom. The monoisotopic (exact) mass is 279 g/mol. The molecule has 0 amide bonds. The maximum Gasteiger partial charge on any atom is 0.119 e. The molecule has 1 aliphatic rings. The van der Waals surface area contributed by atoms with Crippen LogP contribution in [0.15, 0.2) is 24.3 Å². The Kier molecular flexibility index (Phi) is 6.84. The van der Waals surface area contributed by atoms with Crippen molar-refractivity contribution in [1.29, 1.82) is 0 Å². The first kappa shape index (κ1) is 15.3. The highest BCUT2D eigenvalue weighted by atomic mass is 16.6. The van der Waals surface area contributed by atoms with Crippen molar-refractivity contribution in [3.63, 3.8) is 0 Å². The summed E-state index contributed by atoms with van der Waals surface area (Å²) in [5.41, 5.74) is 1.28. The van der Waals surface area contributed by atoms with Gasteiger partial charge in [0.15, 0.2) is 0 Å². The lowest BCUT2D eigenvalue weighted by atomic mass is 10.2. The third-order valence-electron chi connectivity index (χ3n) is 3.27. The van der Waals surface area contributed by atoms with Crippen molar-refractivity contribution in [2.75, 3.05) is 33.0 Å². The molecule has 20 heavy (non-hydrogen) atoms. The molecule has 2 rings (SSSR count). The number of nitrogens with one attached hydrogen (secondary N) is 1. The van der Waals surface area contributed by atoms with Crippen LogP contribution in [-0.2, 0) is 16.0 Å². The van der Waals surface area contributed by atoms with E-state index in [4.69, 9.17) is 14.2 Å².